The van der Waals surface area contributed by atoms with Gasteiger partial charge in [-0.25, -0.2) is 8.78 Å². The second-order valence-electron chi connectivity index (χ2n) is 18.6. The number of H-pyrrole nitrogens is 3. The highest BCUT2D eigenvalue weighted by atomic mass is 32.2. The van der Waals surface area contributed by atoms with Crippen LogP contribution in [-0.4, -0.2) is 204 Å². The van der Waals surface area contributed by atoms with Crippen LogP contribution in [0.25, 0.3) is 0 Å². The zero-order valence-electron chi connectivity index (χ0n) is 46.6. The monoisotopic (exact) mass is 1800 g/mol. The number of rotatable bonds is 30. The smallest absolute Gasteiger partial charge is 0.460 e. The molecule has 0 aliphatic carbocycles. The van der Waals surface area contributed by atoms with Gasteiger partial charge in [-0.3, -0.25) is 24.9 Å². The van der Waals surface area contributed by atoms with Gasteiger partial charge < -0.3 is 9.47 Å². The number of hydrogen-bond acceptors (Lipinski definition) is 16. The summed E-state index contributed by atoms with van der Waals surface area (Å²) < 4.78 is 623. The van der Waals surface area contributed by atoms with E-state index in [0.29, 0.717) is 4.34 Å². The summed E-state index contributed by atoms with van der Waals surface area (Å²) in [5.74, 6) is -125. The Morgan fingerprint density at radius 3 is 0.846 bits per heavy atom. The Bertz CT molecular complexity index is 3510. The molecule has 0 unspecified atom stereocenters. The standard InChI is InChI=1S/C14H9F15N2O2S3.C13H7F15N2O2S3.C11H3F17N2S3/c15-8(16,2-3-33-5(32)1-4-35-7-31-30-6(34)36-7)10(18,19)12(22,23)11(20,21)9(17,13(24,25)26)14(27,28)29;14-7(15,3-32-4(31)1-2-34-6-30-29-5(33)35-6)9(17,18)11(21,22)10(19,20)8(16,12(23,24)25)13(26,27)28;12-4(13,1-32-3-30-29-2(31)33-3)5(14,15)6(16,17)7(18,19)8(20,21)9(22,23)10(24,25)11(26,27)28/h1-4H2,(H,30,34);1-3H2,(H,29,33);1H2,(H,29,31). The van der Waals surface area contributed by atoms with E-state index in [0.717, 1.165) is 46.2 Å². The molecule has 3 aromatic heterocycles. The zero-order chi connectivity index (χ0) is 83.2. The number of aromatic nitrogens is 6. The minimum atomic E-state index is -8.63. The number of esters is 2. The number of alkyl halides is 47. The summed E-state index contributed by atoms with van der Waals surface area (Å²) in [6.45, 7) is -5.10. The van der Waals surface area contributed by atoms with Crippen LogP contribution < -0.4 is 0 Å². The number of thioether (sulfide) groups is 3. The van der Waals surface area contributed by atoms with E-state index in [2.05, 4.69) is 59.4 Å². The molecule has 0 radical (unpaired) electrons. The lowest BCUT2D eigenvalue weighted by atomic mass is 9.85. The van der Waals surface area contributed by atoms with Gasteiger partial charge in [-0.05, 0) is 36.7 Å². The molecule has 66 heteroatoms. The van der Waals surface area contributed by atoms with Crippen molar-refractivity contribution in [2.24, 2.45) is 0 Å². The second-order valence-corrected chi connectivity index (χ2v) is 27.5. The molecule has 0 saturated carbocycles. The van der Waals surface area contributed by atoms with Gasteiger partial charge in [-0.15, -0.1) is 0 Å². The van der Waals surface area contributed by atoms with Gasteiger partial charge >= 0.3 is 143 Å². The molecule has 3 heterocycles. The van der Waals surface area contributed by atoms with Gasteiger partial charge in [0, 0.05) is 11.5 Å². The summed E-state index contributed by atoms with van der Waals surface area (Å²) in [7, 11) is 0. The van der Waals surface area contributed by atoms with Gasteiger partial charge in [0.2, 0.25) is 0 Å². The minimum absolute atomic E-state index is 0.167. The Kier molecular flexibility index (Phi) is 29.6. The fourth-order valence-electron chi connectivity index (χ4n) is 5.89. The van der Waals surface area contributed by atoms with Gasteiger partial charge in [-0.2, -0.15) is 213 Å². The molecule has 0 spiro atoms. The van der Waals surface area contributed by atoms with Crippen molar-refractivity contribution in [2.45, 2.75) is 163 Å². The Balaban J connectivity index is 0.000000781. The fraction of sp³-hybridized carbons (Fsp3) is 0.789. The first kappa shape index (κ1) is 98.0. The lowest BCUT2D eigenvalue weighted by Crippen LogP contribution is -2.75. The van der Waals surface area contributed by atoms with Crippen LogP contribution in [0.15, 0.2) is 13.0 Å². The summed E-state index contributed by atoms with van der Waals surface area (Å²) in [6, 6.07) is 0. The third-order valence-corrected chi connectivity index (χ3v) is 18.3. The Hall–Kier alpha value is -3.96. The first-order valence-electron chi connectivity index (χ1n) is 23.7. The summed E-state index contributed by atoms with van der Waals surface area (Å²) in [6.07, 6.45) is -44.1. The molecule has 3 aromatic rings. The summed E-state index contributed by atoms with van der Waals surface area (Å²) in [4.78, 5) is 22.7. The van der Waals surface area contributed by atoms with Crippen LogP contribution in [0.3, 0.4) is 0 Å². The molecule has 0 aliphatic heterocycles. The maximum Gasteiger partial charge on any atom is 0.460 e. The topological polar surface area (TPSA) is 139 Å². The van der Waals surface area contributed by atoms with E-state index < -0.39 is 197 Å². The average Bonchev–Trinajstić information content (AvgIpc) is 0.714. The molecule has 104 heavy (non-hydrogen) atoms. The highest BCUT2D eigenvalue weighted by molar-refractivity contribution is 8.01. The van der Waals surface area contributed by atoms with Crippen molar-refractivity contribution in [1.82, 2.24) is 30.6 Å². The molecule has 0 aromatic carbocycles. The summed E-state index contributed by atoms with van der Waals surface area (Å²) in [5.41, 5.74) is -16.7. The third-order valence-electron chi connectivity index (χ3n) is 11.5. The summed E-state index contributed by atoms with van der Waals surface area (Å²) >= 11 is 16.8. The predicted octanol–water partition coefficient (Wildman–Crippen LogP) is 20.9. The SMILES string of the molecule is FC(F)(F)C(F)(F)C(F)(F)C(F)(F)C(F)(F)C(F)(F)C(F)(F)C(F)(F)CSc1n[nH]c(=S)s1.O=C(CCSc1n[nH]c(=S)s1)OCC(F)(F)C(F)(F)C(F)(F)C(F)(F)C(F)(C(F)(F)F)C(F)(F)F.O=C(CCSc1n[nH]c(=S)s1)OCCC(F)(F)C(F)(F)C(F)(F)C(F)(F)C(F)(C(F)(F)F)C(F)(F)F. The van der Waals surface area contributed by atoms with Crippen molar-refractivity contribution in [3.05, 3.63) is 11.9 Å². The maximum absolute atomic E-state index is 13.7. The van der Waals surface area contributed by atoms with Crippen LogP contribution in [0, 0.1) is 11.9 Å². The van der Waals surface area contributed by atoms with Crippen molar-refractivity contribution in [3.63, 3.8) is 0 Å². The molecular weight excluding hydrogens is 1790 g/mol. The predicted molar refractivity (Wildman–Crippen MR) is 262 cm³/mol. The van der Waals surface area contributed by atoms with Crippen LogP contribution >= 0.6 is 106 Å². The lowest BCUT2D eigenvalue weighted by Gasteiger charge is -2.43. The number of halogens is 47. The Morgan fingerprint density at radius 2 is 0.567 bits per heavy atom. The lowest BCUT2D eigenvalue weighted by molar-refractivity contribution is -0.460. The van der Waals surface area contributed by atoms with E-state index in [1.54, 1.807) is 0 Å². The van der Waals surface area contributed by atoms with Gasteiger partial charge in [0.05, 0.1) is 31.6 Å². The number of nitrogens with one attached hydrogen (secondary N) is 3. The third kappa shape index (κ3) is 18.2. The van der Waals surface area contributed by atoms with Crippen molar-refractivity contribution >= 4 is 118 Å². The molecule has 0 atom stereocenters. The van der Waals surface area contributed by atoms with Gasteiger partial charge in [-0.1, -0.05) is 69.3 Å². The van der Waals surface area contributed by atoms with E-state index >= 15 is 0 Å². The van der Waals surface area contributed by atoms with Gasteiger partial charge in [0.25, 0.3) is 0 Å². The van der Waals surface area contributed by atoms with Crippen LogP contribution in [0.5, 0.6) is 0 Å². The number of aromatic amines is 3. The van der Waals surface area contributed by atoms with Crippen molar-refractivity contribution in [3.8, 4) is 0 Å². The molecule has 0 aliphatic rings. The van der Waals surface area contributed by atoms with Crippen molar-refractivity contribution in [2.75, 3.05) is 30.5 Å². The quantitative estimate of drug-likeness (QED) is 0.0253. The van der Waals surface area contributed by atoms with Crippen molar-refractivity contribution < 1.29 is 225 Å². The second kappa shape index (κ2) is 31.4. The molecule has 3 rings (SSSR count). The van der Waals surface area contributed by atoms with E-state index in [4.69, 9.17) is 12.2 Å². The highest BCUT2D eigenvalue weighted by Crippen LogP contribution is 2.68. The largest absolute Gasteiger partial charge is 0.465 e. The van der Waals surface area contributed by atoms with Crippen LogP contribution in [0.1, 0.15) is 19.3 Å². The molecule has 0 amide bonds. The first-order valence-corrected chi connectivity index (χ1v) is 30.3. The molecule has 608 valence electrons. The fourth-order valence-corrected chi connectivity index (χ4v) is 12.1. The molecule has 0 fully saturated rings. The van der Waals surface area contributed by atoms with Crippen LogP contribution in [0.4, 0.5) is 206 Å². The van der Waals surface area contributed by atoms with Gasteiger partial charge in [0.1, 0.15) is 0 Å². The number of hydrogen-bond donors (Lipinski definition) is 3. The summed E-state index contributed by atoms with van der Waals surface area (Å²) in [5, 5.41) is 16.8. The van der Waals surface area contributed by atoms with E-state index in [-0.39, 0.29) is 39.0 Å². The van der Waals surface area contributed by atoms with E-state index in [1.807, 2.05) is 5.10 Å². The van der Waals surface area contributed by atoms with Gasteiger partial charge in [0.15, 0.2) is 31.5 Å². The van der Waals surface area contributed by atoms with Crippen LogP contribution in [-0.2, 0) is 19.1 Å². The molecule has 0 bridgehead atoms. The van der Waals surface area contributed by atoms with Crippen molar-refractivity contribution in [1.29, 1.82) is 0 Å². The van der Waals surface area contributed by atoms with Crippen LogP contribution in [0.2, 0.25) is 0 Å². The number of nitrogens with zero attached hydrogens (tertiary/aromatic N) is 3. The zero-order valence-corrected chi connectivity index (χ0v) is 53.9. The highest BCUT2D eigenvalue weighted by Gasteiger charge is 2.98. The Labute approximate surface area is 577 Å². The normalized spacial score (nSPS) is 15.1. The minimum Gasteiger partial charge on any atom is -0.465 e. The first-order chi connectivity index (χ1) is 45.5. The average molecular weight is 1810 g/mol. The molecular formula is C38H19F47N6O4S9. The number of ether oxygens (including phenoxy) is 2. The molecule has 3 N–H and O–H groups in total. The maximum atomic E-state index is 13.7. The number of carbonyl (C=O) groups is 2. The van der Waals surface area contributed by atoms with E-state index in [1.165, 1.54) is 0 Å². The number of carbonyl (C=O) groups excluding carboxylic acids is 2. The Morgan fingerprint density at radius 1 is 0.317 bits per heavy atom. The molecule has 0 saturated heterocycles. The van der Waals surface area contributed by atoms with E-state index in [9.17, 15) is 216 Å². The molecule has 10 nitrogen and oxygen atoms in total.